The lowest BCUT2D eigenvalue weighted by Crippen LogP contribution is -2.20. The highest BCUT2D eigenvalue weighted by atomic mass is 32.2. The van der Waals surface area contributed by atoms with Crippen LogP contribution in [-0.2, 0) is 4.79 Å². The highest BCUT2D eigenvalue weighted by Crippen LogP contribution is 2.21. The maximum absolute atomic E-state index is 12.0. The maximum atomic E-state index is 12.0. The fourth-order valence-electron chi connectivity index (χ4n) is 1.83. The predicted octanol–water partition coefficient (Wildman–Crippen LogP) is 2.97. The Kier molecular flexibility index (Phi) is 6.06. The lowest BCUT2D eigenvalue weighted by atomic mass is 10.1. The molecule has 23 heavy (non-hydrogen) atoms. The van der Waals surface area contributed by atoms with Crippen molar-refractivity contribution < 1.29 is 4.79 Å². The molecule has 1 aromatic heterocycles. The number of benzene rings is 1. The summed E-state index contributed by atoms with van der Waals surface area (Å²) in [4.78, 5) is 22.3. The van der Waals surface area contributed by atoms with Crippen molar-refractivity contribution in [2.75, 3.05) is 25.2 Å². The van der Waals surface area contributed by atoms with E-state index < -0.39 is 0 Å². The van der Waals surface area contributed by atoms with Gasteiger partial charge in [-0.05, 0) is 25.1 Å². The van der Waals surface area contributed by atoms with Crippen LogP contribution in [0.2, 0.25) is 0 Å². The lowest BCUT2D eigenvalue weighted by Gasteiger charge is -2.12. The summed E-state index contributed by atoms with van der Waals surface area (Å²) in [6, 6.07) is 9.44. The third-order valence-corrected chi connectivity index (χ3v) is 4.65. The van der Waals surface area contributed by atoms with Crippen molar-refractivity contribution in [1.82, 2.24) is 14.9 Å². The molecule has 1 heterocycles. The molecule has 1 amide bonds. The molecule has 120 valence electrons. The van der Waals surface area contributed by atoms with E-state index >= 15 is 0 Å². The number of thioether (sulfide) groups is 1. The van der Waals surface area contributed by atoms with Gasteiger partial charge in [-0.2, -0.15) is 0 Å². The zero-order chi connectivity index (χ0) is 16.8. The zero-order valence-corrected chi connectivity index (χ0v) is 14.9. The monoisotopic (exact) mass is 346 g/mol. The number of aromatic nitrogens is 2. The number of aryl methyl sites for hydroxylation is 1. The van der Waals surface area contributed by atoms with Crippen molar-refractivity contribution >= 4 is 39.9 Å². The Morgan fingerprint density at radius 1 is 1.35 bits per heavy atom. The number of carbonyl (C=O) groups is 1. The van der Waals surface area contributed by atoms with Gasteiger partial charge in [0.25, 0.3) is 0 Å². The SMILES string of the molecule is Cc1nccc(-c2cccc(NC(=O)CSC(=S)N(C)C)c2)n1. The zero-order valence-electron chi connectivity index (χ0n) is 13.2. The number of nitrogens with zero attached hydrogens (tertiary/aromatic N) is 3. The first-order valence-corrected chi connectivity index (χ1v) is 8.39. The van der Waals surface area contributed by atoms with Gasteiger partial charge in [-0.3, -0.25) is 4.79 Å². The minimum atomic E-state index is -0.0878. The summed E-state index contributed by atoms with van der Waals surface area (Å²) < 4.78 is 0.686. The Balaban J connectivity index is 2.03. The van der Waals surface area contributed by atoms with Crippen LogP contribution in [0.25, 0.3) is 11.3 Å². The summed E-state index contributed by atoms with van der Waals surface area (Å²) in [6.45, 7) is 1.85. The van der Waals surface area contributed by atoms with Gasteiger partial charge < -0.3 is 10.2 Å². The number of rotatable bonds is 4. The normalized spacial score (nSPS) is 10.2. The van der Waals surface area contributed by atoms with Gasteiger partial charge in [0.05, 0.1) is 11.4 Å². The first-order valence-electron chi connectivity index (χ1n) is 7.00. The van der Waals surface area contributed by atoms with Gasteiger partial charge >= 0.3 is 0 Å². The summed E-state index contributed by atoms with van der Waals surface area (Å²) >= 11 is 6.49. The number of amides is 1. The van der Waals surface area contributed by atoms with E-state index in [1.54, 1.807) is 6.20 Å². The van der Waals surface area contributed by atoms with E-state index in [0.29, 0.717) is 10.1 Å². The van der Waals surface area contributed by atoms with E-state index in [2.05, 4.69) is 15.3 Å². The first-order chi connectivity index (χ1) is 11.0. The van der Waals surface area contributed by atoms with Gasteiger partial charge in [0.2, 0.25) is 5.91 Å². The Morgan fingerprint density at radius 2 is 2.13 bits per heavy atom. The fraction of sp³-hybridized carbons (Fsp3) is 0.250. The number of hydrogen-bond acceptors (Lipinski definition) is 5. The third kappa shape index (κ3) is 5.30. The average molecular weight is 346 g/mol. The lowest BCUT2D eigenvalue weighted by molar-refractivity contribution is -0.113. The maximum Gasteiger partial charge on any atom is 0.234 e. The second-order valence-corrected chi connectivity index (χ2v) is 6.68. The number of hydrogen-bond donors (Lipinski definition) is 1. The summed E-state index contributed by atoms with van der Waals surface area (Å²) in [7, 11) is 3.72. The van der Waals surface area contributed by atoms with Gasteiger partial charge in [-0.25, -0.2) is 9.97 Å². The molecular weight excluding hydrogens is 328 g/mol. The molecule has 1 N–H and O–H groups in total. The second kappa shape index (κ2) is 8.03. The molecule has 0 aliphatic carbocycles. The van der Waals surface area contributed by atoms with Crippen molar-refractivity contribution in [3.63, 3.8) is 0 Å². The van der Waals surface area contributed by atoms with Crippen LogP contribution in [0.1, 0.15) is 5.82 Å². The van der Waals surface area contributed by atoms with Gasteiger partial charge in [-0.1, -0.05) is 36.1 Å². The van der Waals surface area contributed by atoms with Crippen LogP contribution in [0.15, 0.2) is 36.5 Å². The Hall–Kier alpha value is -1.99. The molecule has 0 aliphatic rings. The second-order valence-electron chi connectivity index (χ2n) is 5.07. The minimum Gasteiger partial charge on any atom is -0.364 e. The molecule has 5 nitrogen and oxygen atoms in total. The Labute approximate surface area is 145 Å². The highest BCUT2D eigenvalue weighted by molar-refractivity contribution is 8.23. The van der Waals surface area contributed by atoms with Crippen LogP contribution < -0.4 is 5.32 Å². The molecule has 0 unspecified atom stereocenters. The molecule has 0 saturated carbocycles. The molecule has 0 radical (unpaired) electrons. The van der Waals surface area contributed by atoms with Crippen molar-refractivity contribution in [2.45, 2.75) is 6.92 Å². The van der Waals surface area contributed by atoms with Crippen LogP contribution in [0, 0.1) is 6.92 Å². The first kappa shape index (κ1) is 17.4. The van der Waals surface area contributed by atoms with Crippen LogP contribution in [-0.4, -0.2) is 44.9 Å². The molecule has 0 atom stereocenters. The summed E-state index contributed by atoms with van der Waals surface area (Å²) in [5.74, 6) is 0.911. The van der Waals surface area contributed by atoms with Crippen molar-refractivity contribution in [2.24, 2.45) is 0 Å². The number of nitrogens with one attached hydrogen (secondary N) is 1. The Bertz CT molecular complexity index is 719. The molecule has 0 saturated heterocycles. The largest absolute Gasteiger partial charge is 0.364 e. The smallest absolute Gasteiger partial charge is 0.234 e. The van der Waals surface area contributed by atoms with E-state index in [4.69, 9.17) is 12.2 Å². The molecule has 0 bridgehead atoms. The molecule has 2 rings (SSSR count). The van der Waals surface area contributed by atoms with E-state index in [9.17, 15) is 4.79 Å². The van der Waals surface area contributed by atoms with E-state index in [1.165, 1.54) is 11.8 Å². The average Bonchev–Trinajstić information content (AvgIpc) is 2.52. The van der Waals surface area contributed by atoms with Crippen LogP contribution in [0.4, 0.5) is 5.69 Å². The summed E-state index contributed by atoms with van der Waals surface area (Å²) in [6.07, 6.45) is 1.72. The summed E-state index contributed by atoms with van der Waals surface area (Å²) in [5.41, 5.74) is 2.50. The van der Waals surface area contributed by atoms with Crippen LogP contribution in [0.3, 0.4) is 0 Å². The van der Waals surface area contributed by atoms with Gasteiger partial charge in [0.1, 0.15) is 10.1 Å². The number of carbonyl (C=O) groups excluding carboxylic acids is 1. The van der Waals surface area contributed by atoms with Gasteiger partial charge in [0, 0.05) is 31.5 Å². The van der Waals surface area contributed by atoms with E-state index in [-0.39, 0.29) is 11.7 Å². The van der Waals surface area contributed by atoms with Crippen molar-refractivity contribution in [1.29, 1.82) is 0 Å². The van der Waals surface area contributed by atoms with Crippen LogP contribution >= 0.6 is 24.0 Å². The Morgan fingerprint density at radius 3 is 2.83 bits per heavy atom. The molecule has 0 spiro atoms. The van der Waals surface area contributed by atoms with Crippen molar-refractivity contribution in [3.05, 3.63) is 42.4 Å². The van der Waals surface area contributed by atoms with Gasteiger partial charge in [-0.15, -0.1) is 0 Å². The molecular formula is C16H18N4OS2. The molecule has 2 aromatic rings. The molecule has 1 aromatic carbocycles. The highest BCUT2D eigenvalue weighted by Gasteiger charge is 2.08. The van der Waals surface area contributed by atoms with E-state index in [1.807, 2.05) is 56.3 Å². The third-order valence-electron chi connectivity index (χ3n) is 2.91. The fourth-order valence-corrected chi connectivity index (χ4v) is 2.59. The van der Waals surface area contributed by atoms with E-state index in [0.717, 1.165) is 16.9 Å². The number of anilines is 1. The minimum absolute atomic E-state index is 0.0878. The summed E-state index contributed by atoms with van der Waals surface area (Å²) in [5, 5.41) is 2.88. The number of thiocarbonyl (C=S) groups is 1. The van der Waals surface area contributed by atoms with Crippen molar-refractivity contribution in [3.8, 4) is 11.3 Å². The predicted molar refractivity (Wildman–Crippen MR) is 99.6 cm³/mol. The van der Waals surface area contributed by atoms with Gasteiger partial charge in [0.15, 0.2) is 0 Å². The topological polar surface area (TPSA) is 58.1 Å². The quantitative estimate of drug-likeness (QED) is 0.859. The molecule has 0 fully saturated rings. The molecule has 0 aliphatic heterocycles. The molecule has 7 heteroatoms. The van der Waals surface area contributed by atoms with Crippen LogP contribution in [0.5, 0.6) is 0 Å². The standard InChI is InChI=1S/C16H18N4OS2/c1-11-17-8-7-14(18-11)12-5-4-6-13(9-12)19-15(21)10-23-16(22)20(2)3/h4-9H,10H2,1-3H3,(H,19,21).